The lowest BCUT2D eigenvalue weighted by Crippen LogP contribution is -2.46. The van der Waals surface area contributed by atoms with Crippen LogP contribution in [0.15, 0.2) is 18.2 Å². The van der Waals surface area contributed by atoms with E-state index >= 15 is 0 Å². The van der Waals surface area contributed by atoms with E-state index in [2.05, 4.69) is 0 Å². The number of para-hydroxylation sites is 1. The Kier molecular flexibility index (Phi) is 5.83. The highest BCUT2D eigenvalue weighted by molar-refractivity contribution is 6.29. The summed E-state index contributed by atoms with van der Waals surface area (Å²) in [7, 11) is 1.65. The molecule has 1 aromatic rings. The lowest BCUT2D eigenvalue weighted by atomic mass is 10.0. The zero-order valence-electron chi connectivity index (χ0n) is 12.2. The largest absolute Gasteiger partial charge is 0.380 e. The molecular weight excluding hydrogens is 262 g/mol. The molecular formula is C15H22ClNO2. The molecule has 0 aliphatic carbocycles. The zero-order valence-corrected chi connectivity index (χ0v) is 13.0. The lowest BCUT2D eigenvalue weighted by molar-refractivity contribution is -0.117. The molecule has 3 nitrogen and oxygen atoms in total. The number of ether oxygens (including phenoxy) is 1. The number of carbonyl (C=O) groups is 1. The number of rotatable bonds is 5. The Bertz CT molecular complexity index is 428. The summed E-state index contributed by atoms with van der Waals surface area (Å²) in [4.78, 5) is 14.0. The quantitative estimate of drug-likeness (QED) is 0.776. The van der Waals surface area contributed by atoms with Crippen molar-refractivity contribution in [3.8, 4) is 0 Å². The molecule has 0 fully saturated rings. The maximum Gasteiger partial charge on any atom is 0.242 e. The Balaban J connectivity index is 3.28. The van der Waals surface area contributed by atoms with Gasteiger partial charge in [0.05, 0.1) is 12.1 Å². The summed E-state index contributed by atoms with van der Waals surface area (Å²) in [5, 5.41) is 0. The summed E-state index contributed by atoms with van der Waals surface area (Å²) in [6.45, 7) is 7.93. The standard InChI is InChI=1S/C15H22ClNO2/c1-10-7-6-8-11(2)15(10)17(14(18)9-16)12(3)13(4)19-5/h6-8,12-13H,9H2,1-5H3. The fraction of sp³-hybridized carbons (Fsp3) is 0.533. The van der Waals surface area contributed by atoms with Crippen LogP contribution in [0.4, 0.5) is 5.69 Å². The van der Waals surface area contributed by atoms with Gasteiger partial charge in [-0.25, -0.2) is 0 Å². The van der Waals surface area contributed by atoms with Crippen LogP contribution in [-0.4, -0.2) is 31.0 Å². The number of halogens is 1. The second-order valence-electron chi connectivity index (χ2n) is 4.82. The van der Waals surface area contributed by atoms with E-state index in [1.54, 1.807) is 12.0 Å². The van der Waals surface area contributed by atoms with Crippen molar-refractivity contribution >= 4 is 23.2 Å². The molecule has 0 saturated heterocycles. The summed E-state index contributed by atoms with van der Waals surface area (Å²) >= 11 is 5.76. The van der Waals surface area contributed by atoms with Gasteiger partial charge in [0.1, 0.15) is 5.88 Å². The van der Waals surface area contributed by atoms with Crippen LogP contribution in [0.2, 0.25) is 0 Å². The first-order valence-electron chi connectivity index (χ1n) is 6.41. The molecule has 0 aliphatic heterocycles. The SMILES string of the molecule is COC(C)C(C)N(C(=O)CCl)c1c(C)cccc1C. The van der Waals surface area contributed by atoms with Gasteiger partial charge < -0.3 is 9.64 Å². The van der Waals surface area contributed by atoms with Crippen LogP contribution in [0.5, 0.6) is 0 Å². The zero-order chi connectivity index (χ0) is 14.6. The molecule has 1 amide bonds. The molecule has 0 saturated carbocycles. The number of aryl methyl sites for hydroxylation is 2. The third kappa shape index (κ3) is 3.48. The van der Waals surface area contributed by atoms with Crippen molar-refractivity contribution in [2.45, 2.75) is 39.8 Å². The normalized spacial score (nSPS) is 14.0. The summed E-state index contributed by atoms with van der Waals surface area (Å²) in [6, 6.07) is 5.92. The van der Waals surface area contributed by atoms with Crippen LogP contribution >= 0.6 is 11.6 Å². The topological polar surface area (TPSA) is 29.5 Å². The third-order valence-electron chi connectivity index (χ3n) is 3.52. The van der Waals surface area contributed by atoms with Crippen LogP contribution in [-0.2, 0) is 9.53 Å². The number of carbonyl (C=O) groups excluding carboxylic acids is 1. The molecule has 0 radical (unpaired) electrons. The molecule has 1 aromatic carbocycles. The molecule has 2 atom stereocenters. The first kappa shape index (κ1) is 16.0. The number of hydrogen-bond acceptors (Lipinski definition) is 2. The van der Waals surface area contributed by atoms with Crippen molar-refractivity contribution in [1.29, 1.82) is 0 Å². The van der Waals surface area contributed by atoms with Crippen molar-refractivity contribution in [1.82, 2.24) is 0 Å². The molecule has 0 spiro atoms. The van der Waals surface area contributed by atoms with E-state index in [4.69, 9.17) is 16.3 Å². The monoisotopic (exact) mass is 283 g/mol. The van der Waals surface area contributed by atoms with Gasteiger partial charge in [-0.1, -0.05) is 18.2 Å². The van der Waals surface area contributed by atoms with E-state index < -0.39 is 0 Å². The highest BCUT2D eigenvalue weighted by Gasteiger charge is 2.27. The number of nitrogens with zero attached hydrogens (tertiary/aromatic N) is 1. The molecule has 0 heterocycles. The van der Waals surface area contributed by atoms with Crippen LogP contribution < -0.4 is 4.90 Å². The first-order valence-corrected chi connectivity index (χ1v) is 6.94. The van der Waals surface area contributed by atoms with Gasteiger partial charge in [0.15, 0.2) is 0 Å². The van der Waals surface area contributed by atoms with E-state index in [1.165, 1.54) is 0 Å². The fourth-order valence-electron chi connectivity index (χ4n) is 2.21. The number of benzene rings is 1. The second kappa shape index (κ2) is 6.92. The minimum atomic E-state index is -0.101. The van der Waals surface area contributed by atoms with E-state index in [0.29, 0.717) is 0 Å². The molecule has 4 heteroatoms. The maximum absolute atomic E-state index is 12.2. The summed E-state index contributed by atoms with van der Waals surface area (Å²) in [6.07, 6.45) is -0.0637. The van der Waals surface area contributed by atoms with Gasteiger partial charge in [0, 0.05) is 12.8 Å². The number of hydrogen-bond donors (Lipinski definition) is 0. The van der Waals surface area contributed by atoms with Crippen molar-refractivity contribution < 1.29 is 9.53 Å². The van der Waals surface area contributed by atoms with Gasteiger partial charge >= 0.3 is 0 Å². The van der Waals surface area contributed by atoms with Gasteiger partial charge in [-0.2, -0.15) is 0 Å². The average molecular weight is 284 g/mol. The second-order valence-corrected chi connectivity index (χ2v) is 5.09. The Morgan fingerprint density at radius 1 is 1.32 bits per heavy atom. The molecule has 106 valence electrons. The third-order valence-corrected chi connectivity index (χ3v) is 3.75. The average Bonchev–Trinajstić information content (AvgIpc) is 2.40. The lowest BCUT2D eigenvalue weighted by Gasteiger charge is -2.34. The molecule has 0 N–H and O–H groups in total. The molecule has 0 bridgehead atoms. The van der Waals surface area contributed by atoms with Crippen molar-refractivity contribution in [3.05, 3.63) is 29.3 Å². The Morgan fingerprint density at radius 3 is 2.26 bits per heavy atom. The van der Waals surface area contributed by atoms with Gasteiger partial charge in [0.2, 0.25) is 5.91 Å². The predicted molar refractivity (Wildman–Crippen MR) is 80.1 cm³/mol. The Hall–Kier alpha value is -1.06. The van der Waals surface area contributed by atoms with E-state index in [9.17, 15) is 4.79 Å². The molecule has 1 rings (SSSR count). The Morgan fingerprint density at radius 2 is 1.84 bits per heavy atom. The van der Waals surface area contributed by atoms with Crippen molar-refractivity contribution in [2.24, 2.45) is 0 Å². The first-order chi connectivity index (χ1) is 8.93. The minimum absolute atomic E-state index is 0.0332. The highest BCUT2D eigenvalue weighted by atomic mass is 35.5. The molecule has 0 aromatic heterocycles. The van der Waals surface area contributed by atoms with Crippen LogP contribution in [0.1, 0.15) is 25.0 Å². The van der Waals surface area contributed by atoms with Gasteiger partial charge in [-0.15, -0.1) is 11.6 Å². The number of amides is 1. The Labute approximate surface area is 120 Å². The fourth-order valence-corrected chi connectivity index (χ4v) is 2.34. The van der Waals surface area contributed by atoms with Gasteiger partial charge in [0.25, 0.3) is 0 Å². The van der Waals surface area contributed by atoms with Crippen LogP contribution in [0, 0.1) is 13.8 Å². The summed E-state index contributed by atoms with van der Waals surface area (Å²) in [5.41, 5.74) is 3.06. The summed E-state index contributed by atoms with van der Waals surface area (Å²) in [5.74, 6) is -0.135. The number of anilines is 1. The van der Waals surface area contributed by atoms with Crippen LogP contribution in [0.3, 0.4) is 0 Å². The van der Waals surface area contributed by atoms with Gasteiger partial charge in [-0.05, 0) is 38.8 Å². The van der Waals surface area contributed by atoms with E-state index in [-0.39, 0.29) is 23.9 Å². The number of methoxy groups -OCH3 is 1. The van der Waals surface area contributed by atoms with Crippen LogP contribution in [0.25, 0.3) is 0 Å². The molecule has 0 aliphatic rings. The van der Waals surface area contributed by atoms with Crippen molar-refractivity contribution in [3.63, 3.8) is 0 Å². The highest BCUT2D eigenvalue weighted by Crippen LogP contribution is 2.28. The van der Waals surface area contributed by atoms with Gasteiger partial charge in [-0.3, -0.25) is 4.79 Å². The van der Waals surface area contributed by atoms with E-state index in [1.807, 2.05) is 45.9 Å². The van der Waals surface area contributed by atoms with E-state index in [0.717, 1.165) is 16.8 Å². The maximum atomic E-state index is 12.2. The number of alkyl halides is 1. The predicted octanol–water partition coefficient (Wildman–Crippen LogP) is 3.30. The van der Waals surface area contributed by atoms with Crippen molar-refractivity contribution in [2.75, 3.05) is 17.9 Å². The molecule has 2 unspecified atom stereocenters. The smallest absolute Gasteiger partial charge is 0.242 e. The minimum Gasteiger partial charge on any atom is -0.380 e. The molecule has 19 heavy (non-hydrogen) atoms. The summed E-state index contributed by atoms with van der Waals surface area (Å²) < 4.78 is 5.35.